The minimum Gasteiger partial charge on any atom is -0.493 e. The Bertz CT molecular complexity index is 518. The van der Waals surface area contributed by atoms with E-state index in [2.05, 4.69) is 31.9 Å². The second-order valence-corrected chi connectivity index (χ2v) is 5.96. The Morgan fingerprint density at radius 3 is 2.24 bits per heavy atom. The van der Waals surface area contributed by atoms with Gasteiger partial charge in [0.25, 0.3) is 0 Å². The van der Waals surface area contributed by atoms with Gasteiger partial charge in [0.2, 0.25) is 0 Å². The summed E-state index contributed by atoms with van der Waals surface area (Å²) in [6.07, 6.45) is 0. The number of esters is 1. The Kier molecular flexibility index (Phi) is 7.17. The molecule has 0 aliphatic rings. The summed E-state index contributed by atoms with van der Waals surface area (Å²) in [7, 11) is 3.01. The van der Waals surface area contributed by atoms with Crippen LogP contribution in [0.3, 0.4) is 0 Å². The summed E-state index contributed by atoms with van der Waals surface area (Å²) in [5, 5.41) is 0. The lowest BCUT2D eigenvalue weighted by Gasteiger charge is -2.15. The molecule has 1 aromatic carbocycles. The second kappa shape index (κ2) is 8.38. The molecule has 1 aromatic rings. The van der Waals surface area contributed by atoms with E-state index in [-0.39, 0.29) is 12.4 Å². The van der Waals surface area contributed by atoms with Crippen molar-refractivity contribution in [3.63, 3.8) is 0 Å². The largest absolute Gasteiger partial charge is 0.493 e. The highest BCUT2D eigenvalue weighted by atomic mass is 79.9. The highest BCUT2D eigenvalue weighted by Gasteiger charge is 2.31. The van der Waals surface area contributed by atoms with Gasteiger partial charge in [-0.25, -0.2) is 0 Å². The minimum atomic E-state index is -0.766. The predicted octanol–water partition coefficient (Wildman–Crippen LogP) is 2.98. The van der Waals surface area contributed by atoms with Crippen LogP contribution in [0.15, 0.2) is 18.2 Å². The molecular formula is C14H16Br2O5. The number of Topliss-reactive ketones (excluding diaryl/α,β-unsaturated/α-hetero) is 1. The van der Waals surface area contributed by atoms with Crippen molar-refractivity contribution in [2.24, 2.45) is 0 Å². The molecule has 0 aliphatic heterocycles. The molecule has 0 bridgehead atoms. The molecule has 5 nitrogen and oxygen atoms in total. The fourth-order valence-corrected chi connectivity index (χ4v) is 2.48. The first-order valence-corrected chi connectivity index (χ1v) is 8.00. The van der Waals surface area contributed by atoms with Crippen molar-refractivity contribution >= 4 is 43.6 Å². The summed E-state index contributed by atoms with van der Waals surface area (Å²) in [5.74, 6) is 0.227. The molecule has 0 fully saturated rings. The van der Waals surface area contributed by atoms with E-state index in [0.717, 1.165) is 0 Å². The van der Waals surface area contributed by atoms with Crippen molar-refractivity contribution in [2.75, 3.05) is 20.8 Å². The average Bonchev–Trinajstić information content (AvgIpc) is 2.52. The van der Waals surface area contributed by atoms with E-state index in [9.17, 15) is 9.59 Å². The van der Waals surface area contributed by atoms with Gasteiger partial charge in [-0.2, -0.15) is 0 Å². The fraction of sp³-hybridized carbons (Fsp3) is 0.429. The lowest BCUT2D eigenvalue weighted by molar-refractivity contribution is -0.142. The van der Waals surface area contributed by atoms with Gasteiger partial charge in [-0.05, 0) is 25.1 Å². The van der Waals surface area contributed by atoms with Crippen LogP contribution in [0.5, 0.6) is 11.5 Å². The fourth-order valence-electron chi connectivity index (χ4n) is 1.62. The van der Waals surface area contributed by atoms with Crippen LogP contribution in [-0.4, -0.2) is 42.2 Å². The zero-order valence-electron chi connectivity index (χ0n) is 11.9. The highest BCUT2D eigenvalue weighted by molar-refractivity contribution is 9.12. The maximum absolute atomic E-state index is 12.4. The van der Waals surface area contributed by atoms with E-state index in [0.29, 0.717) is 17.1 Å². The summed E-state index contributed by atoms with van der Waals surface area (Å²) < 4.78 is 15.2. The molecule has 0 aliphatic carbocycles. The third-order valence-electron chi connectivity index (χ3n) is 2.69. The molecule has 0 heterocycles. The molecule has 116 valence electrons. The molecule has 0 saturated carbocycles. The number of rotatable bonds is 7. The van der Waals surface area contributed by atoms with Crippen molar-refractivity contribution < 1.29 is 23.8 Å². The Hall–Kier alpha value is -1.08. The van der Waals surface area contributed by atoms with Crippen molar-refractivity contribution in [3.05, 3.63) is 23.8 Å². The van der Waals surface area contributed by atoms with E-state index >= 15 is 0 Å². The topological polar surface area (TPSA) is 61.8 Å². The van der Waals surface area contributed by atoms with Gasteiger partial charge in [-0.3, -0.25) is 9.59 Å². The third kappa shape index (κ3) is 4.44. The molecule has 2 unspecified atom stereocenters. The number of carbonyl (C=O) groups is 2. The molecule has 2 atom stereocenters. The van der Waals surface area contributed by atoms with Crippen LogP contribution in [0.25, 0.3) is 0 Å². The first kappa shape index (κ1) is 18.0. The lowest BCUT2D eigenvalue weighted by atomic mass is 10.1. The van der Waals surface area contributed by atoms with Crippen LogP contribution in [0.1, 0.15) is 17.3 Å². The highest BCUT2D eigenvalue weighted by Crippen LogP contribution is 2.29. The van der Waals surface area contributed by atoms with Crippen LogP contribution < -0.4 is 9.47 Å². The molecule has 21 heavy (non-hydrogen) atoms. The average molecular weight is 424 g/mol. The Labute approximate surface area is 140 Å². The summed E-state index contributed by atoms with van der Waals surface area (Å²) in [6.45, 7) is 1.96. The van der Waals surface area contributed by atoms with Gasteiger partial charge >= 0.3 is 5.97 Å². The number of alkyl halides is 2. The molecule has 7 heteroatoms. The molecule has 0 saturated heterocycles. The summed E-state index contributed by atoms with van der Waals surface area (Å²) in [6, 6.07) is 4.82. The number of ether oxygens (including phenoxy) is 3. The predicted molar refractivity (Wildman–Crippen MR) is 85.9 cm³/mol. The van der Waals surface area contributed by atoms with Crippen molar-refractivity contribution in [1.82, 2.24) is 0 Å². The molecule has 0 amide bonds. The van der Waals surface area contributed by atoms with Gasteiger partial charge in [0, 0.05) is 5.56 Å². The summed E-state index contributed by atoms with van der Waals surface area (Å²) in [4.78, 5) is 22.5. The van der Waals surface area contributed by atoms with Crippen LogP contribution in [-0.2, 0) is 9.53 Å². The SMILES string of the molecule is CCOC(=O)C(Br)C(Br)C(=O)c1ccc(OC)c(OC)c1. The van der Waals surface area contributed by atoms with Gasteiger partial charge in [-0.15, -0.1) is 0 Å². The first-order chi connectivity index (χ1) is 9.96. The smallest absolute Gasteiger partial charge is 0.321 e. The van der Waals surface area contributed by atoms with Crippen molar-refractivity contribution in [2.45, 2.75) is 16.6 Å². The third-order valence-corrected chi connectivity index (χ3v) is 5.24. The van der Waals surface area contributed by atoms with Gasteiger partial charge in [0.05, 0.1) is 20.8 Å². The quantitative estimate of drug-likeness (QED) is 0.383. The lowest BCUT2D eigenvalue weighted by Crippen LogP contribution is -2.32. The van der Waals surface area contributed by atoms with Crippen LogP contribution in [0, 0.1) is 0 Å². The Morgan fingerprint density at radius 1 is 1.10 bits per heavy atom. The number of methoxy groups -OCH3 is 2. The van der Waals surface area contributed by atoms with Crippen LogP contribution in [0.2, 0.25) is 0 Å². The van der Waals surface area contributed by atoms with Crippen LogP contribution in [0.4, 0.5) is 0 Å². The Morgan fingerprint density at radius 2 is 1.71 bits per heavy atom. The Balaban J connectivity index is 2.95. The zero-order chi connectivity index (χ0) is 16.0. The number of benzene rings is 1. The van der Waals surface area contributed by atoms with E-state index < -0.39 is 15.6 Å². The standard InChI is InChI=1S/C14H16Br2O5/c1-4-21-14(18)12(16)11(15)13(17)8-5-6-9(19-2)10(7-8)20-3/h5-7,11-12H,4H2,1-3H3. The maximum atomic E-state index is 12.4. The molecule has 0 N–H and O–H groups in total. The van der Waals surface area contributed by atoms with Gasteiger partial charge in [-0.1, -0.05) is 31.9 Å². The maximum Gasteiger partial charge on any atom is 0.321 e. The second-order valence-electron chi connectivity index (χ2n) is 3.99. The number of carbonyl (C=O) groups excluding carboxylic acids is 2. The minimum absolute atomic E-state index is 0.255. The van der Waals surface area contributed by atoms with E-state index in [1.165, 1.54) is 14.2 Å². The number of hydrogen-bond donors (Lipinski definition) is 0. The number of hydrogen-bond acceptors (Lipinski definition) is 5. The normalized spacial score (nSPS) is 13.2. The van der Waals surface area contributed by atoms with Crippen LogP contribution >= 0.6 is 31.9 Å². The number of halogens is 2. The van der Waals surface area contributed by atoms with Gasteiger partial charge in [0.15, 0.2) is 17.3 Å². The molecular weight excluding hydrogens is 408 g/mol. The molecule has 1 rings (SSSR count). The molecule has 0 radical (unpaired) electrons. The number of ketones is 1. The van der Waals surface area contributed by atoms with Gasteiger partial charge in [0.1, 0.15) is 9.65 Å². The monoisotopic (exact) mass is 422 g/mol. The molecule has 0 spiro atoms. The summed E-state index contributed by atoms with van der Waals surface area (Å²) in [5.41, 5.74) is 0.406. The first-order valence-electron chi connectivity index (χ1n) is 6.17. The van der Waals surface area contributed by atoms with E-state index in [4.69, 9.17) is 14.2 Å². The van der Waals surface area contributed by atoms with E-state index in [1.54, 1.807) is 25.1 Å². The molecule has 0 aromatic heterocycles. The van der Waals surface area contributed by atoms with Gasteiger partial charge < -0.3 is 14.2 Å². The van der Waals surface area contributed by atoms with E-state index in [1.807, 2.05) is 0 Å². The summed E-state index contributed by atoms with van der Waals surface area (Å²) >= 11 is 6.40. The zero-order valence-corrected chi connectivity index (χ0v) is 15.1. The van der Waals surface area contributed by atoms with Crippen molar-refractivity contribution in [1.29, 1.82) is 0 Å². The van der Waals surface area contributed by atoms with Crippen molar-refractivity contribution in [3.8, 4) is 11.5 Å².